The number of piperidine rings is 1. The van der Waals surface area contributed by atoms with Crippen LogP contribution in [0.3, 0.4) is 0 Å². The summed E-state index contributed by atoms with van der Waals surface area (Å²) in [6.45, 7) is 1.74. The first-order chi connectivity index (χ1) is 14.6. The predicted octanol–water partition coefficient (Wildman–Crippen LogP) is 4.14. The first-order valence-electron chi connectivity index (χ1n) is 9.74. The molecule has 0 N–H and O–H groups in total. The van der Waals surface area contributed by atoms with Gasteiger partial charge in [0.25, 0.3) is 5.91 Å². The van der Waals surface area contributed by atoms with Crippen molar-refractivity contribution < 1.29 is 9.21 Å². The summed E-state index contributed by atoms with van der Waals surface area (Å²) in [5.41, 5.74) is 0.942. The van der Waals surface area contributed by atoms with E-state index in [1.165, 1.54) is 11.3 Å². The second-order valence-electron chi connectivity index (χ2n) is 7.33. The van der Waals surface area contributed by atoms with Crippen LogP contribution in [0.1, 0.15) is 35.1 Å². The number of hydrogen-bond donors (Lipinski definition) is 0. The molecule has 0 atom stereocenters. The van der Waals surface area contributed by atoms with Gasteiger partial charge in [-0.25, -0.2) is 4.98 Å². The van der Waals surface area contributed by atoms with E-state index in [4.69, 9.17) is 4.42 Å². The number of carbonyl (C=O) groups excluding carboxylic acids is 1. The molecule has 1 aliphatic rings. The number of para-hydroxylation sites is 1. The molecule has 0 saturated carbocycles. The molecule has 0 unspecified atom stereocenters. The van der Waals surface area contributed by atoms with Crippen molar-refractivity contribution in [3.63, 3.8) is 0 Å². The number of rotatable bonds is 4. The van der Waals surface area contributed by atoms with Crippen LogP contribution in [0, 0.1) is 0 Å². The summed E-state index contributed by atoms with van der Waals surface area (Å²) in [7, 11) is 0. The number of thiazole rings is 1. The Morgan fingerprint density at radius 2 is 2.00 bits per heavy atom. The molecule has 3 aromatic heterocycles. The monoisotopic (exact) mass is 486 g/mol. The summed E-state index contributed by atoms with van der Waals surface area (Å²) in [5, 5.41) is 0. The Bertz CT molecular complexity index is 1260. The fourth-order valence-electron chi connectivity index (χ4n) is 4.03. The molecule has 1 amide bonds. The zero-order chi connectivity index (χ0) is 20.7. The highest BCUT2D eigenvalue weighted by molar-refractivity contribution is 9.10. The van der Waals surface area contributed by atoms with E-state index in [1.54, 1.807) is 22.9 Å². The van der Waals surface area contributed by atoms with E-state index in [-0.39, 0.29) is 16.7 Å². The molecule has 1 fully saturated rings. The van der Waals surface area contributed by atoms with E-state index < -0.39 is 0 Å². The number of likely N-dealkylation sites (tertiary alicyclic amines) is 1. The molecule has 0 bridgehead atoms. The highest BCUT2D eigenvalue weighted by Crippen LogP contribution is 2.28. The summed E-state index contributed by atoms with van der Waals surface area (Å²) >= 11 is 4.50. The summed E-state index contributed by atoms with van der Waals surface area (Å²) in [5.74, 6) is 1.47. The number of fused-ring (bicyclic) bond motifs is 1. The molecule has 30 heavy (non-hydrogen) atoms. The van der Waals surface area contributed by atoms with Crippen molar-refractivity contribution in [3.05, 3.63) is 74.7 Å². The van der Waals surface area contributed by atoms with Gasteiger partial charge < -0.3 is 13.9 Å². The zero-order valence-electron chi connectivity index (χ0n) is 16.0. The third-order valence-corrected chi connectivity index (χ3v) is 6.93. The quantitative estimate of drug-likeness (QED) is 0.434. The minimum absolute atomic E-state index is 0.0286. The number of hydrogen-bond acceptors (Lipinski definition) is 5. The predicted molar refractivity (Wildman–Crippen MR) is 118 cm³/mol. The Hall–Kier alpha value is -2.65. The summed E-state index contributed by atoms with van der Waals surface area (Å²) in [6, 6.07) is 11.3. The maximum absolute atomic E-state index is 12.6. The van der Waals surface area contributed by atoms with Crippen molar-refractivity contribution in [1.82, 2.24) is 19.0 Å². The summed E-state index contributed by atoms with van der Waals surface area (Å²) in [4.78, 5) is 31.5. The number of furan rings is 1. The Morgan fingerprint density at radius 3 is 2.77 bits per heavy atom. The number of imidazole rings is 1. The van der Waals surface area contributed by atoms with Crippen molar-refractivity contribution in [2.24, 2.45) is 0 Å². The van der Waals surface area contributed by atoms with Crippen molar-refractivity contribution in [2.75, 3.05) is 13.1 Å². The van der Waals surface area contributed by atoms with Gasteiger partial charge in [0.15, 0.2) is 10.4 Å². The van der Waals surface area contributed by atoms with Crippen LogP contribution >= 0.6 is 27.3 Å². The first-order valence-corrected chi connectivity index (χ1v) is 11.3. The number of halogens is 1. The van der Waals surface area contributed by atoms with E-state index in [0.717, 1.165) is 28.9 Å². The van der Waals surface area contributed by atoms with Gasteiger partial charge in [-0.1, -0.05) is 23.5 Å². The number of nitrogens with zero attached hydrogens (tertiary/aromatic N) is 4. The standard InChI is InChI=1S/C21H19BrN4O3S/c22-18-6-5-16(29-18)20(27)24-10-7-14(8-11-24)19-23-9-12-25(19)13-26-15-3-1-2-4-17(15)30-21(26)28/h1-6,9,12,14H,7-8,10-11,13H2. The first kappa shape index (κ1) is 19.3. The lowest BCUT2D eigenvalue weighted by atomic mass is 9.95. The van der Waals surface area contributed by atoms with Crippen LogP contribution in [0.4, 0.5) is 0 Å². The maximum atomic E-state index is 12.6. The second-order valence-corrected chi connectivity index (χ2v) is 9.11. The van der Waals surface area contributed by atoms with Gasteiger partial charge in [-0.15, -0.1) is 0 Å². The zero-order valence-corrected chi connectivity index (χ0v) is 18.4. The smallest absolute Gasteiger partial charge is 0.309 e. The van der Waals surface area contributed by atoms with Gasteiger partial charge in [0.1, 0.15) is 12.5 Å². The van der Waals surface area contributed by atoms with Gasteiger partial charge >= 0.3 is 4.87 Å². The van der Waals surface area contributed by atoms with E-state index in [1.807, 2.05) is 39.9 Å². The van der Waals surface area contributed by atoms with Crippen LogP contribution in [0.2, 0.25) is 0 Å². The average molecular weight is 487 g/mol. The van der Waals surface area contributed by atoms with Gasteiger partial charge in [0, 0.05) is 31.4 Å². The van der Waals surface area contributed by atoms with Crippen LogP contribution in [0.5, 0.6) is 0 Å². The Labute approximate surface area is 184 Å². The Kier molecular flexibility index (Phi) is 5.08. The van der Waals surface area contributed by atoms with Gasteiger partial charge in [-0.3, -0.25) is 14.2 Å². The van der Waals surface area contributed by atoms with E-state index in [9.17, 15) is 9.59 Å². The molecule has 1 aliphatic heterocycles. The fraction of sp³-hybridized carbons (Fsp3) is 0.286. The minimum atomic E-state index is -0.0845. The molecule has 0 spiro atoms. The van der Waals surface area contributed by atoms with Crippen LogP contribution < -0.4 is 4.87 Å². The molecule has 0 aliphatic carbocycles. The Balaban J connectivity index is 1.32. The summed E-state index contributed by atoms with van der Waals surface area (Å²) in [6.07, 6.45) is 5.35. The molecule has 1 aromatic carbocycles. The number of benzene rings is 1. The van der Waals surface area contributed by atoms with Crippen molar-refractivity contribution >= 4 is 43.4 Å². The average Bonchev–Trinajstić information content (AvgIpc) is 3.48. The van der Waals surface area contributed by atoms with Crippen molar-refractivity contribution in [3.8, 4) is 0 Å². The number of carbonyl (C=O) groups is 1. The van der Waals surface area contributed by atoms with Gasteiger partial charge in [-0.2, -0.15) is 0 Å². The fourth-order valence-corrected chi connectivity index (χ4v) is 5.22. The molecule has 0 radical (unpaired) electrons. The lowest BCUT2D eigenvalue weighted by Crippen LogP contribution is -2.38. The highest BCUT2D eigenvalue weighted by atomic mass is 79.9. The van der Waals surface area contributed by atoms with Crippen LogP contribution in [0.15, 0.2) is 62.7 Å². The van der Waals surface area contributed by atoms with Crippen LogP contribution in [0.25, 0.3) is 10.2 Å². The van der Waals surface area contributed by atoms with Crippen molar-refractivity contribution in [2.45, 2.75) is 25.4 Å². The molecule has 4 heterocycles. The molecular weight excluding hydrogens is 468 g/mol. The summed E-state index contributed by atoms with van der Waals surface area (Å²) < 4.78 is 10.8. The molecule has 154 valence electrons. The third-order valence-electron chi connectivity index (χ3n) is 5.55. The number of aromatic nitrogens is 3. The molecule has 1 saturated heterocycles. The molecule has 9 heteroatoms. The highest BCUT2D eigenvalue weighted by Gasteiger charge is 2.28. The van der Waals surface area contributed by atoms with Crippen LogP contribution in [-0.4, -0.2) is 38.0 Å². The van der Waals surface area contributed by atoms with E-state index in [2.05, 4.69) is 20.9 Å². The van der Waals surface area contributed by atoms with E-state index in [0.29, 0.717) is 30.2 Å². The van der Waals surface area contributed by atoms with Gasteiger partial charge in [0.2, 0.25) is 0 Å². The lowest BCUT2D eigenvalue weighted by molar-refractivity contribution is 0.0676. The number of amides is 1. The maximum Gasteiger partial charge on any atom is 0.309 e. The molecule has 5 rings (SSSR count). The normalized spacial score (nSPS) is 15.2. The topological polar surface area (TPSA) is 73.3 Å². The lowest BCUT2D eigenvalue weighted by Gasteiger charge is -2.31. The van der Waals surface area contributed by atoms with Gasteiger partial charge in [-0.05, 0) is 53.0 Å². The van der Waals surface area contributed by atoms with Crippen molar-refractivity contribution in [1.29, 1.82) is 0 Å². The molecular formula is C21H19BrN4O3S. The largest absolute Gasteiger partial charge is 0.444 e. The minimum Gasteiger partial charge on any atom is -0.444 e. The van der Waals surface area contributed by atoms with Crippen LogP contribution in [-0.2, 0) is 6.67 Å². The molecule has 7 nitrogen and oxygen atoms in total. The Morgan fingerprint density at radius 1 is 1.20 bits per heavy atom. The van der Waals surface area contributed by atoms with E-state index >= 15 is 0 Å². The molecule has 4 aromatic rings. The SMILES string of the molecule is O=C(c1ccc(Br)o1)N1CCC(c2nccn2Cn2c(=O)sc3ccccc32)CC1. The second kappa shape index (κ2) is 7.88. The third kappa shape index (κ3) is 3.52. The van der Waals surface area contributed by atoms with Gasteiger partial charge in [0.05, 0.1) is 10.2 Å².